The molecule has 0 aliphatic rings. The Morgan fingerprint density at radius 3 is 1.55 bits per heavy atom. The fraction of sp³-hybridized carbons (Fsp3) is 0.240. The second kappa shape index (κ2) is 8.39. The molecule has 0 atom stereocenters. The predicted octanol–water partition coefficient (Wildman–Crippen LogP) is 4.78. The first-order valence-corrected chi connectivity index (χ1v) is 9.69. The van der Waals surface area contributed by atoms with Gasteiger partial charge in [-0.1, -0.05) is 18.2 Å². The zero-order chi connectivity index (χ0) is 21.1. The first-order chi connectivity index (χ1) is 13.8. The molecular formula is C25H29N3O. The predicted molar refractivity (Wildman–Crippen MR) is 125 cm³/mol. The molecule has 0 aliphatic carbocycles. The van der Waals surface area contributed by atoms with E-state index in [1.807, 2.05) is 88.5 Å². The van der Waals surface area contributed by atoms with E-state index in [4.69, 9.17) is 0 Å². The summed E-state index contributed by atoms with van der Waals surface area (Å²) in [6, 6.07) is 22.2. The quantitative estimate of drug-likeness (QED) is 0.569. The summed E-state index contributed by atoms with van der Waals surface area (Å²) in [7, 11) is 12.0. The zero-order valence-electron chi connectivity index (χ0n) is 18.1. The van der Waals surface area contributed by atoms with Gasteiger partial charge >= 0.3 is 0 Å². The van der Waals surface area contributed by atoms with Crippen molar-refractivity contribution < 1.29 is 4.79 Å². The first kappa shape index (κ1) is 20.5. The maximum atomic E-state index is 13.3. The molecule has 150 valence electrons. The molecule has 0 saturated heterocycles. The van der Waals surface area contributed by atoms with Crippen LogP contribution in [0.4, 0.5) is 17.1 Å². The number of hydrogen-bond donors (Lipinski definition) is 0. The second-order valence-corrected chi connectivity index (χ2v) is 7.84. The van der Waals surface area contributed by atoms with E-state index < -0.39 is 0 Å². The van der Waals surface area contributed by atoms with Crippen LogP contribution in [0.15, 0.2) is 66.7 Å². The Labute approximate surface area is 174 Å². The van der Waals surface area contributed by atoms with Crippen LogP contribution in [-0.2, 0) is 0 Å². The minimum atomic E-state index is 0.0331. The van der Waals surface area contributed by atoms with Crippen LogP contribution in [0, 0.1) is 0 Å². The minimum absolute atomic E-state index is 0.0331. The highest BCUT2D eigenvalue weighted by Crippen LogP contribution is 2.30. The van der Waals surface area contributed by atoms with E-state index in [9.17, 15) is 4.79 Å². The number of anilines is 3. The molecular weight excluding hydrogens is 358 g/mol. The van der Waals surface area contributed by atoms with E-state index in [0.29, 0.717) is 11.1 Å². The van der Waals surface area contributed by atoms with Crippen LogP contribution >= 0.6 is 0 Å². The van der Waals surface area contributed by atoms with Crippen molar-refractivity contribution in [3.05, 3.63) is 77.9 Å². The third-order valence-corrected chi connectivity index (χ3v) is 5.09. The van der Waals surface area contributed by atoms with E-state index in [1.54, 1.807) is 0 Å². The largest absolute Gasteiger partial charge is 0.378 e. The lowest BCUT2D eigenvalue weighted by molar-refractivity contribution is 0.103. The van der Waals surface area contributed by atoms with Gasteiger partial charge in [-0.05, 0) is 59.7 Å². The lowest BCUT2D eigenvalue weighted by Crippen LogP contribution is -2.15. The van der Waals surface area contributed by atoms with Gasteiger partial charge in [0.1, 0.15) is 0 Å². The van der Waals surface area contributed by atoms with Crippen molar-refractivity contribution in [1.82, 2.24) is 0 Å². The summed E-state index contributed by atoms with van der Waals surface area (Å²) in [4.78, 5) is 19.4. The smallest absolute Gasteiger partial charge is 0.195 e. The Bertz CT molecular complexity index is 988. The fourth-order valence-corrected chi connectivity index (χ4v) is 3.31. The molecule has 0 spiro atoms. The van der Waals surface area contributed by atoms with Gasteiger partial charge in [0, 0.05) is 70.5 Å². The molecule has 0 aromatic heterocycles. The highest BCUT2D eigenvalue weighted by atomic mass is 16.1. The topological polar surface area (TPSA) is 26.8 Å². The minimum Gasteiger partial charge on any atom is -0.378 e. The number of carbonyl (C=O) groups excluding carboxylic acids is 1. The van der Waals surface area contributed by atoms with Crippen molar-refractivity contribution in [1.29, 1.82) is 0 Å². The van der Waals surface area contributed by atoms with Crippen molar-refractivity contribution >= 4 is 22.8 Å². The van der Waals surface area contributed by atoms with E-state index in [0.717, 1.165) is 28.2 Å². The molecule has 29 heavy (non-hydrogen) atoms. The molecule has 0 bridgehead atoms. The molecule has 0 heterocycles. The summed E-state index contributed by atoms with van der Waals surface area (Å²) in [5.74, 6) is 0.0331. The van der Waals surface area contributed by atoms with Crippen molar-refractivity contribution in [3.8, 4) is 11.1 Å². The van der Waals surface area contributed by atoms with Crippen molar-refractivity contribution in [2.24, 2.45) is 0 Å². The Morgan fingerprint density at radius 1 is 0.586 bits per heavy atom. The van der Waals surface area contributed by atoms with Crippen LogP contribution in [0.3, 0.4) is 0 Å². The van der Waals surface area contributed by atoms with Crippen LogP contribution in [0.25, 0.3) is 11.1 Å². The maximum Gasteiger partial charge on any atom is 0.195 e. The van der Waals surface area contributed by atoms with Crippen molar-refractivity contribution in [3.63, 3.8) is 0 Å². The Hall–Kier alpha value is -3.27. The lowest BCUT2D eigenvalue weighted by atomic mass is 9.96. The van der Waals surface area contributed by atoms with Gasteiger partial charge in [0.05, 0.1) is 0 Å². The normalized spacial score (nSPS) is 10.6. The molecule has 0 N–H and O–H groups in total. The van der Waals surface area contributed by atoms with Gasteiger partial charge in [-0.15, -0.1) is 0 Å². The molecule has 0 amide bonds. The molecule has 3 aromatic rings. The summed E-state index contributed by atoms with van der Waals surface area (Å²) >= 11 is 0. The molecule has 0 saturated carbocycles. The summed E-state index contributed by atoms with van der Waals surface area (Å²) in [5, 5.41) is 0. The highest BCUT2D eigenvalue weighted by Gasteiger charge is 2.17. The Morgan fingerprint density at radius 2 is 1.07 bits per heavy atom. The molecule has 3 aromatic carbocycles. The van der Waals surface area contributed by atoms with Crippen LogP contribution in [0.2, 0.25) is 0 Å². The summed E-state index contributed by atoms with van der Waals surface area (Å²) < 4.78 is 0. The average molecular weight is 388 g/mol. The van der Waals surface area contributed by atoms with Gasteiger partial charge in [-0.3, -0.25) is 4.79 Å². The van der Waals surface area contributed by atoms with E-state index >= 15 is 0 Å². The van der Waals surface area contributed by atoms with Gasteiger partial charge in [0.15, 0.2) is 5.78 Å². The number of hydrogen-bond acceptors (Lipinski definition) is 4. The molecule has 0 unspecified atom stereocenters. The van der Waals surface area contributed by atoms with Crippen molar-refractivity contribution in [2.45, 2.75) is 0 Å². The zero-order valence-corrected chi connectivity index (χ0v) is 18.1. The molecule has 0 aliphatic heterocycles. The standard InChI is InChI=1S/C25H29N3O/c1-26(2)21-12-7-18(8-13-21)20-11-16-24(28(5)6)23(17-20)25(29)19-9-14-22(15-10-19)27(3)4/h7-17H,1-6H3. The van der Waals surface area contributed by atoms with Gasteiger partial charge in [-0.25, -0.2) is 0 Å². The van der Waals surface area contributed by atoms with E-state index in [-0.39, 0.29) is 5.78 Å². The number of rotatable bonds is 6. The monoisotopic (exact) mass is 387 g/mol. The molecule has 0 radical (unpaired) electrons. The lowest BCUT2D eigenvalue weighted by Gasteiger charge is -2.19. The highest BCUT2D eigenvalue weighted by molar-refractivity contribution is 6.13. The number of benzene rings is 3. The van der Waals surface area contributed by atoms with Gasteiger partial charge in [0.25, 0.3) is 0 Å². The summed E-state index contributed by atoms with van der Waals surface area (Å²) in [6.45, 7) is 0. The van der Waals surface area contributed by atoms with Crippen molar-refractivity contribution in [2.75, 3.05) is 57.0 Å². The Kier molecular flexibility index (Phi) is 5.92. The van der Waals surface area contributed by atoms with Crippen LogP contribution < -0.4 is 14.7 Å². The van der Waals surface area contributed by atoms with E-state index in [1.165, 1.54) is 0 Å². The van der Waals surface area contributed by atoms with Gasteiger partial charge in [-0.2, -0.15) is 0 Å². The maximum absolute atomic E-state index is 13.3. The molecule has 0 fully saturated rings. The van der Waals surface area contributed by atoms with E-state index in [2.05, 4.69) is 35.2 Å². The van der Waals surface area contributed by atoms with Crippen LogP contribution in [0.1, 0.15) is 15.9 Å². The average Bonchev–Trinajstić information content (AvgIpc) is 2.72. The SMILES string of the molecule is CN(C)c1ccc(C(=O)c2cc(-c3ccc(N(C)C)cc3)ccc2N(C)C)cc1. The molecule has 4 nitrogen and oxygen atoms in total. The van der Waals surface area contributed by atoms with Crippen LogP contribution in [-0.4, -0.2) is 48.1 Å². The molecule has 3 rings (SSSR count). The van der Waals surface area contributed by atoms with Gasteiger partial charge < -0.3 is 14.7 Å². The summed E-state index contributed by atoms with van der Waals surface area (Å²) in [6.07, 6.45) is 0. The summed E-state index contributed by atoms with van der Waals surface area (Å²) in [5.41, 5.74) is 6.67. The fourth-order valence-electron chi connectivity index (χ4n) is 3.31. The van der Waals surface area contributed by atoms with Gasteiger partial charge in [0.2, 0.25) is 0 Å². The number of nitrogens with zero attached hydrogens (tertiary/aromatic N) is 3. The first-order valence-electron chi connectivity index (χ1n) is 9.69. The molecule has 4 heteroatoms. The number of carbonyl (C=O) groups is 1. The third-order valence-electron chi connectivity index (χ3n) is 5.09. The third kappa shape index (κ3) is 4.43. The van der Waals surface area contributed by atoms with Crippen LogP contribution in [0.5, 0.6) is 0 Å². The Balaban J connectivity index is 2.01. The number of ketones is 1. The second-order valence-electron chi connectivity index (χ2n) is 7.84.